The Balaban J connectivity index is 1.70. The number of carbonyl (C=O) groups is 2. The number of hydrogen-bond acceptors (Lipinski definition) is 4. The summed E-state index contributed by atoms with van der Waals surface area (Å²) in [6, 6.07) is 14.5. The zero-order valence-electron chi connectivity index (χ0n) is 16.7. The summed E-state index contributed by atoms with van der Waals surface area (Å²) in [5.74, 6) is -0.0709. The molecule has 0 aliphatic carbocycles. The van der Waals surface area contributed by atoms with Crippen LogP contribution in [-0.2, 0) is 9.53 Å². The van der Waals surface area contributed by atoms with Crippen molar-refractivity contribution >= 4 is 29.1 Å². The first-order chi connectivity index (χ1) is 14.0. The van der Waals surface area contributed by atoms with Gasteiger partial charge < -0.3 is 15.4 Å². The maximum atomic E-state index is 12.7. The Morgan fingerprint density at radius 1 is 1.03 bits per heavy atom. The van der Waals surface area contributed by atoms with E-state index in [9.17, 15) is 9.59 Å². The summed E-state index contributed by atoms with van der Waals surface area (Å²) in [6.07, 6.45) is 2.09. The fourth-order valence-corrected chi connectivity index (χ4v) is 2.95. The molecule has 3 rings (SSSR count). The van der Waals surface area contributed by atoms with Crippen molar-refractivity contribution in [3.63, 3.8) is 0 Å². The van der Waals surface area contributed by atoms with Crippen molar-refractivity contribution in [3.05, 3.63) is 59.7 Å². The van der Waals surface area contributed by atoms with Gasteiger partial charge in [0.25, 0.3) is 5.91 Å². The summed E-state index contributed by atoms with van der Waals surface area (Å²) in [4.78, 5) is 28.3. The molecule has 7 heteroatoms. The summed E-state index contributed by atoms with van der Waals surface area (Å²) >= 11 is 0. The molecular weight excluding hydrogens is 368 g/mol. The molecule has 2 aromatic rings. The summed E-state index contributed by atoms with van der Waals surface area (Å²) < 4.78 is 5.62. The van der Waals surface area contributed by atoms with Crippen LogP contribution in [0, 0.1) is 6.92 Å². The highest BCUT2D eigenvalue weighted by Gasteiger charge is 2.16. The Kier molecular flexibility index (Phi) is 6.97. The second kappa shape index (κ2) is 9.84. The molecule has 1 aliphatic heterocycles. The molecule has 29 heavy (non-hydrogen) atoms. The predicted molar refractivity (Wildman–Crippen MR) is 114 cm³/mol. The summed E-state index contributed by atoms with van der Waals surface area (Å²) in [7, 11) is 0. The quantitative estimate of drug-likeness (QED) is 0.536. The number of rotatable bonds is 5. The second-order valence-corrected chi connectivity index (χ2v) is 7.03. The molecule has 7 nitrogen and oxygen atoms in total. The zero-order chi connectivity index (χ0) is 20.6. The van der Waals surface area contributed by atoms with Gasteiger partial charge in [0.1, 0.15) is 0 Å². The van der Waals surface area contributed by atoms with Crippen LogP contribution in [0.3, 0.4) is 0 Å². The van der Waals surface area contributed by atoms with Gasteiger partial charge >= 0.3 is 0 Å². The predicted octanol–water partition coefficient (Wildman–Crippen LogP) is 3.33. The molecule has 1 saturated heterocycles. The number of aryl methyl sites for hydroxylation is 1. The largest absolute Gasteiger partial charge is 0.376 e. The lowest BCUT2D eigenvalue weighted by Gasteiger charge is -2.14. The molecule has 3 N–H and O–H groups in total. The Hall–Kier alpha value is -3.19. The van der Waals surface area contributed by atoms with Crippen LogP contribution in [0.2, 0.25) is 0 Å². The fraction of sp³-hybridized carbons (Fsp3) is 0.318. The second-order valence-electron chi connectivity index (χ2n) is 7.03. The molecule has 2 amide bonds. The third-order valence-corrected chi connectivity index (χ3v) is 4.49. The standard InChI is InChI=1S/C22H26N4O3/c1-15-5-9-19(10-6-15)25-22(23-14-20-4-3-13-29-20)26-21(28)17-7-11-18(12-8-17)24-16(2)27/h5-12,20H,3-4,13-14H2,1-2H3,(H,24,27)(H2,23,25,26,28)/t20-/m1/s1. The third-order valence-electron chi connectivity index (χ3n) is 4.49. The van der Waals surface area contributed by atoms with E-state index in [1.165, 1.54) is 6.92 Å². The molecule has 1 fully saturated rings. The van der Waals surface area contributed by atoms with Gasteiger partial charge in [0.05, 0.1) is 12.6 Å². The zero-order valence-corrected chi connectivity index (χ0v) is 16.7. The lowest BCUT2D eigenvalue weighted by molar-refractivity contribution is -0.114. The van der Waals surface area contributed by atoms with Crippen LogP contribution < -0.4 is 16.0 Å². The Morgan fingerprint density at radius 2 is 1.69 bits per heavy atom. The van der Waals surface area contributed by atoms with Crippen LogP contribution in [-0.4, -0.2) is 37.0 Å². The number of ether oxygens (including phenoxy) is 1. The highest BCUT2D eigenvalue weighted by atomic mass is 16.5. The summed E-state index contributed by atoms with van der Waals surface area (Å²) in [5, 5.41) is 8.69. The minimum absolute atomic E-state index is 0.0821. The smallest absolute Gasteiger partial charge is 0.257 e. The number of hydrogen-bond donors (Lipinski definition) is 3. The fourth-order valence-electron chi connectivity index (χ4n) is 2.95. The number of nitrogens with zero attached hydrogens (tertiary/aromatic N) is 1. The molecule has 0 aromatic heterocycles. The van der Waals surface area contributed by atoms with Gasteiger partial charge in [-0.3, -0.25) is 14.9 Å². The molecular formula is C22H26N4O3. The Labute approximate surface area is 170 Å². The molecule has 1 atom stereocenters. The minimum atomic E-state index is -0.287. The molecule has 0 unspecified atom stereocenters. The average molecular weight is 394 g/mol. The van der Waals surface area contributed by atoms with Crippen LogP contribution in [0.15, 0.2) is 53.5 Å². The first-order valence-electron chi connectivity index (χ1n) is 9.68. The number of nitrogens with one attached hydrogen (secondary N) is 3. The highest BCUT2D eigenvalue weighted by molar-refractivity contribution is 6.10. The van der Waals surface area contributed by atoms with Crippen molar-refractivity contribution in [2.75, 3.05) is 23.8 Å². The van der Waals surface area contributed by atoms with Crippen LogP contribution in [0.4, 0.5) is 11.4 Å². The maximum absolute atomic E-state index is 12.7. The van der Waals surface area contributed by atoms with Crippen LogP contribution in [0.5, 0.6) is 0 Å². The van der Waals surface area contributed by atoms with Crippen molar-refractivity contribution < 1.29 is 14.3 Å². The molecule has 2 aromatic carbocycles. The number of anilines is 2. The SMILES string of the molecule is CC(=O)Nc1ccc(C(=O)NC(=NC[C@H]2CCCO2)Nc2ccc(C)cc2)cc1. The van der Waals surface area contributed by atoms with E-state index < -0.39 is 0 Å². The molecule has 1 heterocycles. The van der Waals surface area contributed by atoms with E-state index in [4.69, 9.17) is 4.74 Å². The third kappa shape index (κ3) is 6.43. The van der Waals surface area contributed by atoms with Crippen molar-refractivity contribution in [1.82, 2.24) is 5.32 Å². The number of guanidine groups is 1. The van der Waals surface area contributed by atoms with Crippen molar-refractivity contribution in [2.45, 2.75) is 32.8 Å². The van der Waals surface area contributed by atoms with Gasteiger partial charge in [-0.05, 0) is 56.2 Å². The Bertz CT molecular complexity index is 870. The summed E-state index contributed by atoms with van der Waals surface area (Å²) in [5.41, 5.74) is 3.09. The van der Waals surface area contributed by atoms with Crippen molar-refractivity contribution in [3.8, 4) is 0 Å². The van der Waals surface area contributed by atoms with Crippen LogP contribution >= 0.6 is 0 Å². The first-order valence-corrected chi connectivity index (χ1v) is 9.68. The van der Waals surface area contributed by atoms with E-state index in [1.807, 2.05) is 31.2 Å². The van der Waals surface area contributed by atoms with Crippen LogP contribution in [0.1, 0.15) is 35.7 Å². The Morgan fingerprint density at radius 3 is 2.31 bits per heavy atom. The molecule has 0 bridgehead atoms. The van der Waals surface area contributed by atoms with E-state index in [0.717, 1.165) is 30.7 Å². The number of amides is 2. The lowest BCUT2D eigenvalue weighted by Crippen LogP contribution is -2.36. The topological polar surface area (TPSA) is 91.8 Å². The normalized spacial score (nSPS) is 16.3. The van der Waals surface area contributed by atoms with Gasteiger partial charge in [-0.2, -0.15) is 0 Å². The van der Waals surface area contributed by atoms with E-state index in [1.54, 1.807) is 24.3 Å². The van der Waals surface area contributed by atoms with Gasteiger partial charge in [-0.25, -0.2) is 4.99 Å². The van der Waals surface area contributed by atoms with Gasteiger partial charge in [0, 0.05) is 30.5 Å². The van der Waals surface area contributed by atoms with Crippen LogP contribution in [0.25, 0.3) is 0 Å². The monoisotopic (exact) mass is 394 g/mol. The minimum Gasteiger partial charge on any atom is -0.376 e. The van der Waals surface area contributed by atoms with E-state index in [0.29, 0.717) is 23.8 Å². The molecule has 0 spiro atoms. The first kappa shape index (κ1) is 20.5. The van der Waals surface area contributed by atoms with Gasteiger partial charge in [-0.15, -0.1) is 0 Å². The molecule has 1 aliphatic rings. The van der Waals surface area contributed by atoms with Crippen molar-refractivity contribution in [1.29, 1.82) is 0 Å². The highest BCUT2D eigenvalue weighted by Crippen LogP contribution is 2.13. The molecule has 0 radical (unpaired) electrons. The van der Waals surface area contributed by atoms with Gasteiger partial charge in [0.2, 0.25) is 11.9 Å². The van der Waals surface area contributed by atoms with Gasteiger partial charge in [0.15, 0.2) is 0 Å². The average Bonchev–Trinajstić information content (AvgIpc) is 3.21. The number of carbonyl (C=O) groups excluding carboxylic acids is 2. The van der Waals surface area contributed by atoms with Gasteiger partial charge in [-0.1, -0.05) is 17.7 Å². The summed E-state index contributed by atoms with van der Waals surface area (Å²) in [6.45, 7) is 4.70. The van der Waals surface area contributed by atoms with E-state index in [-0.39, 0.29) is 17.9 Å². The van der Waals surface area contributed by atoms with E-state index in [2.05, 4.69) is 20.9 Å². The number of benzene rings is 2. The number of aliphatic imine (C=N–C) groups is 1. The lowest BCUT2D eigenvalue weighted by atomic mass is 10.2. The van der Waals surface area contributed by atoms with E-state index >= 15 is 0 Å². The maximum Gasteiger partial charge on any atom is 0.257 e. The molecule has 0 saturated carbocycles. The van der Waals surface area contributed by atoms with Crippen molar-refractivity contribution in [2.24, 2.45) is 4.99 Å². The molecule has 152 valence electrons.